The van der Waals surface area contributed by atoms with Gasteiger partial charge in [-0.15, -0.1) is 0 Å². The lowest BCUT2D eigenvalue weighted by molar-refractivity contribution is 0.236. The highest BCUT2D eigenvalue weighted by molar-refractivity contribution is 5.78. The molecule has 1 saturated heterocycles. The molecule has 0 bridgehead atoms. The first-order chi connectivity index (χ1) is 5.68. The lowest BCUT2D eigenvalue weighted by Gasteiger charge is -2.28. The fourth-order valence-corrected chi connectivity index (χ4v) is 1.36. The topological polar surface area (TPSA) is 27.6 Å². The highest BCUT2D eigenvalue weighted by atomic mass is 15.3. The smallest absolute Gasteiger partial charge is 0.0464 e. The van der Waals surface area contributed by atoms with E-state index in [-0.39, 0.29) is 0 Å². The van der Waals surface area contributed by atoms with Crippen LogP contribution in [-0.2, 0) is 0 Å². The van der Waals surface area contributed by atoms with Gasteiger partial charge in [-0.05, 0) is 46.8 Å². The molecule has 12 heavy (non-hydrogen) atoms. The van der Waals surface area contributed by atoms with Gasteiger partial charge < -0.3 is 10.3 Å². The van der Waals surface area contributed by atoms with Crippen LogP contribution in [0.3, 0.4) is 0 Å². The molecule has 1 aliphatic heterocycles. The Kier molecular flexibility index (Phi) is 3.53. The molecule has 0 atom stereocenters. The van der Waals surface area contributed by atoms with Crippen molar-refractivity contribution in [2.24, 2.45) is 5.10 Å². The molecule has 0 saturated carbocycles. The fraction of sp³-hybridized carbons (Fsp3) is 0.889. The molecule has 0 unspecified atom stereocenters. The van der Waals surface area contributed by atoms with Crippen molar-refractivity contribution in [3.63, 3.8) is 0 Å². The summed E-state index contributed by atoms with van der Waals surface area (Å²) in [4.78, 5) is 2.36. The van der Waals surface area contributed by atoms with Crippen LogP contribution in [0.1, 0.15) is 26.7 Å². The summed E-state index contributed by atoms with van der Waals surface area (Å²) in [6.45, 7) is 6.41. The van der Waals surface area contributed by atoms with Gasteiger partial charge in [0.25, 0.3) is 0 Å². The van der Waals surface area contributed by atoms with E-state index in [9.17, 15) is 0 Å². The van der Waals surface area contributed by atoms with Gasteiger partial charge in [-0.25, -0.2) is 0 Å². The highest BCUT2D eigenvalue weighted by Gasteiger charge is 2.14. The van der Waals surface area contributed by atoms with Gasteiger partial charge in [-0.2, -0.15) is 5.10 Å². The summed E-state index contributed by atoms with van der Waals surface area (Å²) >= 11 is 0. The number of likely N-dealkylation sites (tertiary alicyclic amines) is 1. The van der Waals surface area contributed by atoms with Crippen molar-refractivity contribution in [3.8, 4) is 0 Å². The summed E-state index contributed by atoms with van der Waals surface area (Å²) in [5.74, 6) is 0. The molecule has 0 aromatic rings. The quantitative estimate of drug-likeness (QED) is 0.494. The largest absolute Gasteiger partial charge is 0.307 e. The van der Waals surface area contributed by atoms with Crippen LogP contribution < -0.4 is 5.43 Å². The summed E-state index contributed by atoms with van der Waals surface area (Å²) in [6.07, 6.45) is 2.43. The average molecular weight is 169 g/mol. The molecule has 70 valence electrons. The molecule has 0 radical (unpaired) electrons. The van der Waals surface area contributed by atoms with Gasteiger partial charge in [0.1, 0.15) is 0 Å². The van der Waals surface area contributed by atoms with E-state index in [4.69, 9.17) is 0 Å². The molecule has 0 aliphatic carbocycles. The maximum atomic E-state index is 4.22. The predicted molar refractivity (Wildman–Crippen MR) is 52.4 cm³/mol. The van der Waals surface area contributed by atoms with E-state index in [1.807, 2.05) is 13.8 Å². The predicted octanol–water partition coefficient (Wildman–Crippen LogP) is 1.07. The van der Waals surface area contributed by atoms with Crippen LogP contribution in [0.4, 0.5) is 0 Å². The highest BCUT2D eigenvalue weighted by Crippen LogP contribution is 2.07. The third kappa shape index (κ3) is 3.22. The summed E-state index contributed by atoms with van der Waals surface area (Å²) < 4.78 is 0. The monoisotopic (exact) mass is 169 g/mol. The molecule has 0 aromatic carbocycles. The first-order valence-electron chi connectivity index (χ1n) is 4.63. The molecule has 1 heterocycles. The normalized spacial score (nSPS) is 20.6. The number of rotatable bonds is 2. The van der Waals surface area contributed by atoms with Crippen molar-refractivity contribution in [2.75, 3.05) is 20.1 Å². The van der Waals surface area contributed by atoms with Crippen LogP contribution in [-0.4, -0.2) is 36.8 Å². The first-order valence-corrected chi connectivity index (χ1v) is 4.63. The zero-order chi connectivity index (χ0) is 8.97. The van der Waals surface area contributed by atoms with Crippen molar-refractivity contribution < 1.29 is 0 Å². The number of hydrazone groups is 1. The summed E-state index contributed by atoms with van der Waals surface area (Å²) in [7, 11) is 2.17. The Morgan fingerprint density at radius 2 is 1.92 bits per heavy atom. The number of hydrogen-bond donors (Lipinski definition) is 1. The summed E-state index contributed by atoms with van der Waals surface area (Å²) in [5.41, 5.74) is 4.31. The lowest BCUT2D eigenvalue weighted by Crippen LogP contribution is -2.39. The lowest BCUT2D eigenvalue weighted by atomic mass is 10.1. The Bertz CT molecular complexity index is 153. The molecule has 1 aliphatic rings. The van der Waals surface area contributed by atoms with E-state index in [0.717, 1.165) is 5.71 Å². The minimum atomic E-state index is 0.594. The van der Waals surface area contributed by atoms with Crippen molar-refractivity contribution in [1.82, 2.24) is 10.3 Å². The summed E-state index contributed by atoms with van der Waals surface area (Å²) in [5, 5.41) is 4.22. The molecule has 1 rings (SSSR count). The van der Waals surface area contributed by atoms with Crippen LogP contribution in [0.25, 0.3) is 0 Å². The van der Waals surface area contributed by atoms with Crippen LogP contribution >= 0.6 is 0 Å². The first kappa shape index (κ1) is 9.52. The van der Waals surface area contributed by atoms with Crippen molar-refractivity contribution >= 4 is 5.71 Å². The maximum Gasteiger partial charge on any atom is 0.0464 e. The molecule has 0 spiro atoms. The average Bonchev–Trinajstić information content (AvgIpc) is 2.03. The Hall–Kier alpha value is -0.570. The molecule has 1 fully saturated rings. The minimum absolute atomic E-state index is 0.594. The van der Waals surface area contributed by atoms with E-state index in [2.05, 4.69) is 22.5 Å². The molecular formula is C9H19N3. The van der Waals surface area contributed by atoms with Gasteiger partial charge in [0.15, 0.2) is 0 Å². The minimum Gasteiger partial charge on any atom is -0.307 e. The fourth-order valence-electron chi connectivity index (χ4n) is 1.36. The van der Waals surface area contributed by atoms with E-state index in [1.165, 1.54) is 25.9 Å². The van der Waals surface area contributed by atoms with Crippen LogP contribution in [0.5, 0.6) is 0 Å². The van der Waals surface area contributed by atoms with Crippen molar-refractivity contribution in [1.29, 1.82) is 0 Å². The van der Waals surface area contributed by atoms with E-state index < -0.39 is 0 Å². The second kappa shape index (κ2) is 4.45. The zero-order valence-electron chi connectivity index (χ0n) is 8.30. The SMILES string of the molecule is CC(C)=NNC1CCN(C)CC1. The van der Waals surface area contributed by atoms with Gasteiger partial charge in [-0.3, -0.25) is 0 Å². The number of nitrogens with zero attached hydrogens (tertiary/aromatic N) is 2. The molecule has 0 aromatic heterocycles. The van der Waals surface area contributed by atoms with Crippen molar-refractivity contribution in [3.05, 3.63) is 0 Å². The van der Waals surface area contributed by atoms with Crippen molar-refractivity contribution in [2.45, 2.75) is 32.7 Å². The maximum absolute atomic E-state index is 4.22. The van der Waals surface area contributed by atoms with Crippen LogP contribution in [0, 0.1) is 0 Å². The zero-order valence-corrected chi connectivity index (χ0v) is 8.30. The number of hydrogen-bond acceptors (Lipinski definition) is 3. The van der Waals surface area contributed by atoms with Gasteiger partial charge >= 0.3 is 0 Å². The second-order valence-corrected chi connectivity index (χ2v) is 3.77. The Balaban J connectivity index is 2.22. The van der Waals surface area contributed by atoms with Crippen LogP contribution in [0.2, 0.25) is 0 Å². The van der Waals surface area contributed by atoms with Crippen LogP contribution in [0.15, 0.2) is 5.10 Å². The standard InChI is InChI=1S/C9H19N3/c1-8(2)10-11-9-4-6-12(3)7-5-9/h9,11H,4-7H2,1-3H3. The second-order valence-electron chi connectivity index (χ2n) is 3.77. The summed E-state index contributed by atoms with van der Waals surface area (Å²) in [6, 6.07) is 0.594. The molecule has 0 amide bonds. The number of piperidine rings is 1. The third-order valence-corrected chi connectivity index (χ3v) is 2.19. The van der Waals surface area contributed by atoms with E-state index >= 15 is 0 Å². The molecule has 3 heteroatoms. The third-order valence-electron chi connectivity index (χ3n) is 2.19. The van der Waals surface area contributed by atoms with Gasteiger partial charge in [0, 0.05) is 11.8 Å². The molecule has 3 nitrogen and oxygen atoms in total. The Morgan fingerprint density at radius 1 is 1.33 bits per heavy atom. The number of nitrogens with one attached hydrogen (secondary N) is 1. The Morgan fingerprint density at radius 3 is 2.42 bits per heavy atom. The van der Waals surface area contributed by atoms with Gasteiger partial charge in [-0.1, -0.05) is 0 Å². The van der Waals surface area contributed by atoms with Gasteiger partial charge in [0.05, 0.1) is 0 Å². The molecular weight excluding hydrogens is 150 g/mol. The van der Waals surface area contributed by atoms with Gasteiger partial charge in [0.2, 0.25) is 0 Å². The van der Waals surface area contributed by atoms with E-state index in [1.54, 1.807) is 0 Å². The van der Waals surface area contributed by atoms with E-state index in [0.29, 0.717) is 6.04 Å². The Labute approximate surface area is 74.8 Å². The molecule has 1 N–H and O–H groups in total.